The number of nitrogens with zero attached hydrogens (tertiary/aromatic N) is 2. The van der Waals surface area contributed by atoms with Crippen LogP contribution in [0.2, 0.25) is 0 Å². The van der Waals surface area contributed by atoms with Crippen LogP contribution < -0.4 is 15.4 Å². The van der Waals surface area contributed by atoms with Gasteiger partial charge in [0.1, 0.15) is 17.6 Å². The molecule has 0 fully saturated rings. The first-order chi connectivity index (χ1) is 14.1. The SMILES string of the molecule is CCc1ccc(NC(=O)CC2C(=O)Nc3c(-c4cccc(OC)c4)cnn32)cc1. The van der Waals surface area contributed by atoms with Crippen molar-refractivity contribution in [3.63, 3.8) is 0 Å². The Morgan fingerprint density at radius 1 is 1.24 bits per heavy atom. The van der Waals surface area contributed by atoms with Gasteiger partial charge in [-0.2, -0.15) is 5.10 Å². The molecule has 29 heavy (non-hydrogen) atoms. The number of carbonyl (C=O) groups excluding carboxylic acids is 2. The van der Waals surface area contributed by atoms with Crippen molar-refractivity contribution in [2.24, 2.45) is 0 Å². The molecule has 1 aromatic heterocycles. The van der Waals surface area contributed by atoms with Crippen molar-refractivity contribution >= 4 is 23.3 Å². The average Bonchev–Trinajstić information content (AvgIpc) is 3.28. The minimum atomic E-state index is -0.681. The minimum Gasteiger partial charge on any atom is -0.497 e. The average molecular weight is 390 g/mol. The topological polar surface area (TPSA) is 85.2 Å². The van der Waals surface area contributed by atoms with Crippen LogP contribution in [0.15, 0.2) is 54.7 Å². The lowest BCUT2D eigenvalue weighted by Crippen LogP contribution is -2.23. The van der Waals surface area contributed by atoms with Gasteiger partial charge in [-0.05, 0) is 41.8 Å². The van der Waals surface area contributed by atoms with Gasteiger partial charge in [0.15, 0.2) is 0 Å². The third kappa shape index (κ3) is 3.71. The lowest BCUT2D eigenvalue weighted by molar-refractivity contribution is -0.123. The Bertz CT molecular complexity index is 1060. The van der Waals surface area contributed by atoms with Crippen molar-refractivity contribution in [3.05, 3.63) is 60.3 Å². The van der Waals surface area contributed by atoms with Crippen LogP contribution >= 0.6 is 0 Å². The summed E-state index contributed by atoms with van der Waals surface area (Å²) in [5.41, 5.74) is 3.58. The van der Waals surface area contributed by atoms with E-state index in [1.54, 1.807) is 18.0 Å². The number of aromatic nitrogens is 2. The highest BCUT2D eigenvalue weighted by atomic mass is 16.5. The number of carbonyl (C=O) groups is 2. The van der Waals surface area contributed by atoms with Crippen LogP contribution in [0.1, 0.15) is 24.9 Å². The molecule has 2 heterocycles. The quantitative estimate of drug-likeness (QED) is 0.673. The van der Waals surface area contributed by atoms with Gasteiger partial charge >= 0.3 is 0 Å². The predicted octanol–water partition coefficient (Wildman–Crippen LogP) is 3.64. The monoisotopic (exact) mass is 390 g/mol. The second-order valence-corrected chi connectivity index (χ2v) is 6.89. The molecule has 7 heteroatoms. The van der Waals surface area contributed by atoms with E-state index < -0.39 is 6.04 Å². The first kappa shape index (κ1) is 18.7. The number of fused-ring (bicyclic) bond motifs is 1. The summed E-state index contributed by atoms with van der Waals surface area (Å²) >= 11 is 0. The summed E-state index contributed by atoms with van der Waals surface area (Å²) in [6, 6.07) is 14.5. The van der Waals surface area contributed by atoms with Crippen LogP contribution in [0.5, 0.6) is 5.75 Å². The van der Waals surface area contributed by atoms with E-state index in [-0.39, 0.29) is 18.2 Å². The molecule has 4 rings (SSSR count). The van der Waals surface area contributed by atoms with Gasteiger partial charge in [-0.15, -0.1) is 0 Å². The van der Waals surface area contributed by atoms with Crippen LogP contribution in [0, 0.1) is 0 Å². The third-order valence-corrected chi connectivity index (χ3v) is 5.04. The maximum absolute atomic E-state index is 12.5. The van der Waals surface area contributed by atoms with Gasteiger partial charge in [-0.25, -0.2) is 4.68 Å². The van der Waals surface area contributed by atoms with E-state index in [9.17, 15) is 9.59 Å². The number of hydrogen-bond donors (Lipinski definition) is 2. The standard InChI is InChI=1S/C22H22N4O3/c1-3-14-7-9-16(10-8-14)24-20(27)12-19-22(28)25-21-18(13-23-26(19)21)15-5-4-6-17(11-15)29-2/h4-11,13,19H,3,12H2,1-2H3,(H,24,27)(H,25,28). The summed E-state index contributed by atoms with van der Waals surface area (Å²) in [4.78, 5) is 25.0. The summed E-state index contributed by atoms with van der Waals surface area (Å²) < 4.78 is 6.85. The smallest absolute Gasteiger partial charge is 0.251 e. The van der Waals surface area contributed by atoms with Gasteiger partial charge in [-0.3, -0.25) is 9.59 Å². The number of ether oxygens (including phenoxy) is 1. The highest BCUT2D eigenvalue weighted by Gasteiger charge is 2.35. The molecule has 148 valence electrons. The number of aryl methyl sites for hydroxylation is 1. The zero-order valence-corrected chi connectivity index (χ0v) is 16.3. The Morgan fingerprint density at radius 3 is 2.76 bits per heavy atom. The summed E-state index contributed by atoms with van der Waals surface area (Å²) in [6.45, 7) is 2.08. The van der Waals surface area contributed by atoms with Gasteiger partial charge in [0.25, 0.3) is 5.91 Å². The van der Waals surface area contributed by atoms with Gasteiger partial charge in [0.05, 0.1) is 19.7 Å². The van der Waals surface area contributed by atoms with Gasteiger partial charge < -0.3 is 15.4 Å². The van der Waals surface area contributed by atoms with Crippen molar-refractivity contribution < 1.29 is 14.3 Å². The lowest BCUT2D eigenvalue weighted by Gasteiger charge is -2.10. The largest absolute Gasteiger partial charge is 0.497 e. The number of rotatable bonds is 6. The fourth-order valence-electron chi connectivity index (χ4n) is 3.43. The van der Waals surface area contributed by atoms with Crippen molar-refractivity contribution in [2.45, 2.75) is 25.8 Å². The molecule has 1 unspecified atom stereocenters. The van der Waals surface area contributed by atoms with Crippen LogP contribution in [0.4, 0.5) is 11.5 Å². The fourth-order valence-corrected chi connectivity index (χ4v) is 3.43. The highest BCUT2D eigenvalue weighted by Crippen LogP contribution is 2.36. The van der Waals surface area contributed by atoms with Gasteiger partial charge in [0.2, 0.25) is 5.91 Å². The van der Waals surface area contributed by atoms with E-state index in [1.807, 2.05) is 48.5 Å². The number of hydrogen-bond acceptors (Lipinski definition) is 4. The first-order valence-electron chi connectivity index (χ1n) is 9.50. The van der Waals surface area contributed by atoms with Crippen LogP contribution in [-0.2, 0) is 16.0 Å². The molecule has 1 aliphatic heterocycles. The Morgan fingerprint density at radius 2 is 2.03 bits per heavy atom. The van der Waals surface area contributed by atoms with E-state index in [0.717, 1.165) is 23.3 Å². The van der Waals surface area contributed by atoms with E-state index in [1.165, 1.54) is 5.56 Å². The fraction of sp³-hybridized carbons (Fsp3) is 0.227. The molecule has 0 spiro atoms. The number of benzene rings is 2. The number of methoxy groups -OCH3 is 1. The summed E-state index contributed by atoms with van der Waals surface area (Å²) in [5, 5.41) is 10.1. The summed E-state index contributed by atoms with van der Waals surface area (Å²) in [6.07, 6.45) is 2.64. The van der Waals surface area contributed by atoms with E-state index in [0.29, 0.717) is 11.5 Å². The molecule has 2 amide bonds. The Labute approximate surface area is 168 Å². The molecule has 0 aliphatic carbocycles. The molecule has 0 saturated heterocycles. The zero-order valence-electron chi connectivity index (χ0n) is 16.3. The molecular weight excluding hydrogens is 368 g/mol. The Kier molecular flexibility index (Phi) is 5.03. The van der Waals surface area contributed by atoms with Crippen molar-refractivity contribution in [2.75, 3.05) is 17.7 Å². The molecule has 0 saturated carbocycles. The molecule has 3 aromatic rings. The number of nitrogens with one attached hydrogen (secondary N) is 2. The van der Waals surface area contributed by atoms with Gasteiger partial charge in [-0.1, -0.05) is 31.2 Å². The second-order valence-electron chi connectivity index (χ2n) is 6.89. The van der Waals surface area contributed by atoms with Crippen molar-refractivity contribution in [3.8, 4) is 16.9 Å². The molecular formula is C22H22N4O3. The highest BCUT2D eigenvalue weighted by molar-refractivity contribution is 6.04. The summed E-state index contributed by atoms with van der Waals surface area (Å²) in [7, 11) is 1.60. The number of anilines is 2. The van der Waals surface area contributed by atoms with Crippen molar-refractivity contribution in [1.82, 2.24) is 9.78 Å². The van der Waals surface area contributed by atoms with Crippen molar-refractivity contribution in [1.29, 1.82) is 0 Å². The molecule has 1 aliphatic rings. The molecule has 1 atom stereocenters. The summed E-state index contributed by atoms with van der Waals surface area (Å²) in [5.74, 6) is 0.833. The predicted molar refractivity (Wildman–Crippen MR) is 111 cm³/mol. The maximum atomic E-state index is 12.5. The van der Waals surface area contributed by atoms with Gasteiger partial charge in [0, 0.05) is 11.3 Å². The Balaban J connectivity index is 1.51. The number of amides is 2. The maximum Gasteiger partial charge on any atom is 0.251 e. The molecule has 0 bridgehead atoms. The molecule has 7 nitrogen and oxygen atoms in total. The second kappa shape index (κ2) is 7.79. The minimum absolute atomic E-state index is 0.00753. The van der Waals surface area contributed by atoms with Crippen LogP contribution in [0.3, 0.4) is 0 Å². The molecule has 0 radical (unpaired) electrons. The first-order valence-corrected chi connectivity index (χ1v) is 9.50. The Hall–Kier alpha value is -3.61. The van der Waals surface area contributed by atoms with E-state index in [4.69, 9.17) is 4.74 Å². The van der Waals surface area contributed by atoms with Crippen LogP contribution in [-0.4, -0.2) is 28.7 Å². The zero-order chi connectivity index (χ0) is 20.4. The normalized spacial score (nSPS) is 15.0. The van der Waals surface area contributed by atoms with E-state index >= 15 is 0 Å². The van der Waals surface area contributed by atoms with Crippen LogP contribution in [0.25, 0.3) is 11.1 Å². The third-order valence-electron chi connectivity index (χ3n) is 5.04. The molecule has 2 aromatic carbocycles. The lowest BCUT2D eigenvalue weighted by atomic mass is 10.1. The molecule has 2 N–H and O–H groups in total. The van der Waals surface area contributed by atoms with E-state index in [2.05, 4.69) is 22.7 Å².